The molecule has 27 heavy (non-hydrogen) atoms. The van der Waals surface area contributed by atoms with Crippen LogP contribution in [-0.4, -0.2) is 33.2 Å². The summed E-state index contributed by atoms with van der Waals surface area (Å²) >= 11 is 0. The van der Waals surface area contributed by atoms with Gasteiger partial charge in [0.15, 0.2) is 0 Å². The first-order valence-corrected chi connectivity index (χ1v) is 10.3. The zero-order chi connectivity index (χ0) is 20.0. The van der Waals surface area contributed by atoms with Crippen molar-refractivity contribution in [1.82, 2.24) is 0 Å². The van der Waals surface area contributed by atoms with Gasteiger partial charge in [-0.15, -0.1) is 6.58 Å². The Kier molecular flexibility index (Phi) is 6.63. The van der Waals surface area contributed by atoms with Gasteiger partial charge in [-0.1, -0.05) is 18.2 Å². The molecule has 0 heterocycles. The van der Waals surface area contributed by atoms with E-state index >= 15 is 0 Å². The Morgan fingerprint density at radius 3 is 2.37 bits per heavy atom. The standard InChI is InChI=1S/C20H24N2O4S/c1-5-14-22(27(4,24)25)17-12-10-16(11-13-17)20(23)21-18-8-6-7-9-19(18)26-15(2)3/h5-13,15H,1,14H2,2-4H3,(H,21,23). The summed E-state index contributed by atoms with van der Waals surface area (Å²) in [4.78, 5) is 12.5. The Morgan fingerprint density at radius 1 is 1.19 bits per heavy atom. The molecular formula is C20H24N2O4S. The number of para-hydroxylation sites is 2. The van der Waals surface area contributed by atoms with Gasteiger partial charge >= 0.3 is 0 Å². The number of rotatable bonds is 8. The molecule has 0 aromatic heterocycles. The van der Waals surface area contributed by atoms with Crippen molar-refractivity contribution < 1.29 is 17.9 Å². The van der Waals surface area contributed by atoms with Crippen molar-refractivity contribution in [3.05, 3.63) is 66.7 Å². The average molecular weight is 388 g/mol. The topological polar surface area (TPSA) is 75.7 Å². The average Bonchev–Trinajstić information content (AvgIpc) is 2.60. The molecule has 0 saturated carbocycles. The first kappa shape index (κ1) is 20.5. The van der Waals surface area contributed by atoms with Gasteiger partial charge in [-0.3, -0.25) is 9.10 Å². The van der Waals surface area contributed by atoms with Crippen LogP contribution < -0.4 is 14.4 Å². The fourth-order valence-corrected chi connectivity index (χ4v) is 3.33. The molecule has 0 atom stereocenters. The van der Waals surface area contributed by atoms with E-state index in [-0.39, 0.29) is 18.6 Å². The van der Waals surface area contributed by atoms with Gasteiger partial charge in [-0.2, -0.15) is 0 Å². The van der Waals surface area contributed by atoms with Crippen LogP contribution in [0.3, 0.4) is 0 Å². The molecule has 0 fully saturated rings. The summed E-state index contributed by atoms with van der Waals surface area (Å²) in [7, 11) is -3.43. The van der Waals surface area contributed by atoms with Crippen molar-refractivity contribution in [3.8, 4) is 5.75 Å². The number of carbonyl (C=O) groups is 1. The van der Waals surface area contributed by atoms with Gasteiger partial charge < -0.3 is 10.1 Å². The second kappa shape index (κ2) is 8.73. The van der Waals surface area contributed by atoms with Gasteiger partial charge in [0.25, 0.3) is 5.91 Å². The number of hydrogen-bond acceptors (Lipinski definition) is 4. The summed E-state index contributed by atoms with van der Waals surface area (Å²) in [5.41, 5.74) is 1.45. The summed E-state index contributed by atoms with van der Waals surface area (Å²) in [6.07, 6.45) is 2.62. The van der Waals surface area contributed by atoms with Gasteiger partial charge in [-0.05, 0) is 50.2 Å². The minimum absolute atomic E-state index is 0.0193. The lowest BCUT2D eigenvalue weighted by atomic mass is 10.2. The maximum absolute atomic E-state index is 12.5. The molecule has 1 amide bonds. The van der Waals surface area contributed by atoms with Crippen LogP contribution in [0.1, 0.15) is 24.2 Å². The highest BCUT2D eigenvalue weighted by molar-refractivity contribution is 7.92. The van der Waals surface area contributed by atoms with Gasteiger partial charge in [0.2, 0.25) is 10.0 Å². The van der Waals surface area contributed by atoms with E-state index in [1.54, 1.807) is 36.4 Å². The predicted molar refractivity (Wildman–Crippen MR) is 109 cm³/mol. The third kappa shape index (κ3) is 5.59. The number of nitrogens with zero attached hydrogens (tertiary/aromatic N) is 1. The molecule has 0 unspecified atom stereocenters. The van der Waals surface area contributed by atoms with E-state index in [0.29, 0.717) is 22.7 Å². The van der Waals surface area contributed by atoms with Crippen LogP contribution in [0.15, 0.2) is 61.2 Å². The molecule has 6 nitrogen and oxygen atoms in total. The lowest BCUT2D eigenvalue weighted by Crippen LogP contribution is -2.29. The number of anilines is 2. The van der Waals surface area contributed by atoms with Crippen molar-refractivity contribution in [1.29, 1.82) is 0 Å². The third-order valence-electron chi connectivity index (χ3n) is 3.61. The first-order valence-electron chi connectivity index (χ1n) is 8.48. The van der Waals surface area contributed by atoms with Crippen LogP contribution in [0.4, 0.5) is 11.4 Å². The van der Waals surface area contributed by atoms with E-state index in [9.17, 15) is 13.2 Å². The number of ether oxygens (including phenoxy) is 1. The molecule has 0 aliphatic heterocycles. The van der Waals surface area contributed by atoms with Crippen molar-refractivity contribution in [2.45, 2.75) is 20.0 Å². The normalized spacial score (nSPS) is 11.1. The fourth-order valence-electron chi connectivity index (χ4n) is 2.45. The Labute approximate surface area is 160 Å². The lowest BCUT2D eigenvalue weighted by Gasteiger charge is -2.21. The minimum atomic E-state index is -3.43. The molecule has 0 saturated heterocycles. The molecular weight excluding hydrogens is 364 g/mol. The lowest BCUT2D eigenvalue weighted by molar-refractivity contribution is 0.102. The highest BCUT2D eigenvalue weighted by Crippen LogP contribution is 2.26. The highest BCUT2D eigenvalue weighted by Gasteiger charge is 2.17. The van der Waals surface area contributed by atoms with Gasteiger partial charge in [0, 0.05) is 5.56 Å². The second-order valence-corrected chi connectivity index (χ2v) is 8.15. The molecule has 7 heteroatoms. The zero-order valence-electron chi connectivity index (χ0n) is 15.7. The maximum Gasteiger partial charge on any atom is 0.255 e. The summed E-state index contributed by atoms with van der Waals surface area (Å²) in [6, 6.07) is 13.5. The first-order chi connectivity index (χ1) is 12.7. The van der Waals surface area contributed by atoms with Crippen molar-refractivity contribution in [2.24, 2.45) is 0 Å². The van der Waals surface area contributed by atoms with Crippen LogP contribution in [0, 0.1) is 0 Å². The number of sulfonamides is 1. The molecule has 0 spiro atoms. The molecule has 2 aromatic rings. The van der Waals surface area contributed by atoms with Crippen molar-refractivity contribution in [3.63, 3.8) is 0 Å². The number of carbonyl (C=O) groups excluding carboxylic acids is 1. The van der Waals surface area contributed by atoms with E-state index in [1.807, 2.05) is 26.0 Å². The molecule has 1 N–H and O–H groups in total. The van der Waals surface area contributed by atoms with E-state index in [2.05, 4.69) is 11.9 Å². The maximum atomic E-state index is 12.5. The molecule has 0 aliphatic rings. The monoisotopic (exact) mass is 388 g/mol. The van der Waals surface area contributed by atoms with E-state index in [4.69, 9.17) is 4.74 Å². The largest absolute Gasteiger partial charge is 0.489 e. The molecule has 0 aliphatic carbocycles. The van der Waals surface area contributed by atoms with Crippen molar-refractivity contribution in [2.75, 3.05) is 22.4 Å². The van der Waals surface area contributed by atoms with Gasteiger partial charge in [-0.25, -0.2) is 8.42 Å². The van der Waals surface area contributed by atoms with Crippen LogP contribution in [0.25, 0.3) is 0 Å². The van der Waals surface area contributed by atoms with Crippen LogP contribution in [0.5, 0.6) is 5.75 Å². The van der Waals surface area contributed by atoms with Gasteiger partial charge in [0.05, 0.1) is 30.3 Å². The summed E-state index contributed by atoms with van der Waals surface area (Å²) < 4.78 is 30.7. The van der Waals surface area contributed by atoms with Crippen molar-refractivity contribution >= 4 is 27.3 Å². The smallest absolute Gasteiger partial charge is 0.255 e. The van der Waals surface area contributed by atoms with Crippen LogP contribution in [-0.2, 0) is 10.0 Å². The SMILES string of the molecule is C=CCN(c1ccc(C(=O)Nc2ccccc2OC(C)C)cc1)S(C)(=O)=O. The summed E-state index contributed by atoms with van der Waals surface area (Å²) in [5.74, 6) is 0.280. The number of benzene rings is 2. The Hall–Kier alpha value is -2.80. The molecule has 144 valence electrons. The van der Waals surface area contributed by atoms with E-state index in [1.165, 1.54) is 10.4 Å². The summed E-state index contributed by atoms with van der Waals surface area (Å²) in [6.45, 7) is 7.56. The quantitative estimate of drug-likeness (QED) is 0.700. The third-order valence-corrected chi connectivity index (χ3v) is 4.77. The molecule has 2 aromatic carbocycles. The molecule has 0 radical (unpaired) electrons. The Balaban J connectivity index is 2.20. The zero-order valence-corrected chi connectivity index (χ0v) is 16.5. The van der Waals surface area contributed by atoms with E-state index in [0.717, 1.165) is 6.26 Å². The molecule has 0 bridgehead atoms. The highest BCUT2D eigenvalue weighted by atomic mass is 32.2. The van der Waals surface area contributed by atoms with E-state index < -0.39 is 10.0 Å². The Morgan fingerprint density at radius 2 is 1.81 bits per heavy atom. The Bertz CT molecular complexity index is 906. The predicted octanol–water partition coefficient (Wildman–Crippen LogP) is 3.68. The number of hydrogen-bond donors (Lipinski definition) is 1. The van der Waals surface area contributed by atoms with Gasteiger partial charge in [0.1, 0.15) is 5.75 Å². The van der Waals surface area contributed by atoms with Crippen LogP contribution >= 0.6 is 0 Å². The minimum Gasteiger partial charge on any atom is -0.489 e. The molecule has 2 rings (SSSR count). The fraction of sp³-hybridized carbons (Fsp3) is 0.250. The summed E-state index contributed by atoms with van der Waals surface area (Å²) in [5, 5.41) is 2.82. The van der Waals surface area contributed by atoms with Crippen LogP contribution in [0.2, 0.25) is 0 Å². The second-order valence-electron chi connectivity index (χ2n) is 6.25. The number of amides is 1. The number of nitrogens with one attached hydrogen (secondary N) is 1.